The number of carbonyl (C=O) groups is 4. The molecule has 0 bridgehead atoms. The molecule has 0 spiro atoms. The smallest absolute Gasteiger partial charge is 0.225 e. The van der Waals surface area contributed by atoms with E-state index in [9.17, 15) is 19.2 Å². The highest BCUT2D eigenvalue weighted by atomic mass is 16.5. The summed E-state index contributed by atoms with van der Waals surface area (Å²) in [6.07, 6.45) is 2.48. The second kappa shape index (κ2) is 8.29. The van der Waals surface area contributed by atoms with Gasteiger partial charge in [-0.1, -0.05) is 13.8 Å². The van der Waals surface area contributed by atoms with Gasteiger partial charge >= 0.3 is 0 Å². The minimum Gasteiger partial charge on any atom is -0.492 e. The predicted octanol–water partition coefficient (Wildman–Crippen LogP) is 0.996. The zero-order valence-corrected chi connectivity index (χ0v) is 15.8. The number of Topliss-reactive ketones (excluding diaryl/α,β-unsaturated/α-hetero) is 1. The number of amides is 2. The number of carbonyl (C=O) groups excluding carboxylic acids is 4. The van der Waals surface area contributed by atoms with Gasteiger partial charge in [0.1, 0.15) is 0 Å². The molecular formula is C19H26N2O5. The lowest BCUT2D eigenvalue weighted by atomic mass is 9.88. The number of piperidine rings is 1. The summed E-state index contributed by atoms with van der Waals surface area (Å²) >= 11 is 0. The van der Waals surface area contributed by atoms with E-state index in [1.165, 1.54) is 20.1 Å². The van der Waals surface area contributed by atoms with Crippen molar-refractivity contribution in [1.29, 1.82) is 0 Å². The lowest BCUT2D eigenvalue weighted by molar-refractivity contribution is -0.133. The second-order valence-corrected chi connectivity index (χ2v) is 6.96. The lowest BCUT2D eigenvalue weighted by Crippen LogP contribution is -2.43. The highest BCUT2D eigenvalue weighted by Gasteiger charge is 2.32. The second-order valence-electron chi connectivity index (χ2n) is 6.96. The summed E-state index contributed by atoms with van der Waals surface area (Å²) in [5.74, 6) is -1.01. The van der Waals surface area contributed by atoms with Crippen molar-refractivity contribution in [1.82, 2.24) is 10.2 Å². The molecule has 1 heterocycles. The summed E-state index contributed by atoms with van der Waals surface area (Å²) in [6, 6.07) is 0. The van der Waals surface area contributed by atoms with Crippen LogP contribution in [0, 0.1) is 11.8 Å². The van der Waals surface area contributed by atoms with Gasteiger partial charge in [-0.15, -0.1) is 0 Å². The molecule has 7 nitrogen and oxygen atoms in total. The van der Waals surface area contributed by atoms with Crippen LogP contribution in [0.1, 0.15) is 33.6 Å². The molecule has 0 radical (unpaired) electrons. The Kier molecular flexibility index (Phi) is 6.34. The summed E-state index contributed by atoms with van der Waals surface area (Å²) < 4.78 is 5.15. The standard InChI is InChI=1S/C19H26N2O5/c1-11(2)16-15(23)9-14(17(24)18(16)26-4)10-20-19(25)13-5-7-21(8-6-13)12(3)22/h9,11,13H,5-8,10H2,1-4H3,(H,20,25). The zero-order valence-electron chi connectivity index (χ0n) is 15.8. The minimum atomic E-state index is -0.359. The first-order valence-electron chi connectivity index (χ1n) is 8.87. The van der Waals surface area contributed by atoms with Crippen molar-refractivity contribution < 1.29 is 23.9 Å². The van der Waals surface area contributed by atoms with Crippen LogP contribution in [0.25, 0.3) is 0 Å². The maximum Gasteiger partial charge on any atom is 0.225 e. The lowest BCUT2D eigenvalue weighted by Gasteiger charge is -2.30. The Labute approximate surface area is 153 Å². The van der Waals surface area contributed by atoms with Gasteiger partial charge in [0.05, 0.1) is 7.11 Å². The number of methoxy groups -OCH3 is 1. The van der Waals surface area contributed by atoms with Gasteiger partial charge in [-0.25, -0.2) is 0 Å². The number of nitrogens with zero attached hydrogens (tertiary/aromatic N) is 1. The van der Waals surface area contributed by atoms with Gasteiger partial charge in [0, 0.05) is 43.6 Å². The van der Waals surface area contributed by atoms with E-state index in [1.807, 2.05) is 13.8 Å². The molecule has 0 saturated carbocycles. The molecule has 1 fully saturated rings. The number of nitrogens with one attached hydrogen (secondary N) is 1. The van der Waals surface area contributed by atoms with E-state index in [0.717, 1.165) is 0 Å². The topological polar surface area (TPSA) is 92.8 Å². The molecule has 0 aromatic heterocycles. The number of ether oxygens (including phenoxy) is 1. The quantitative estimate of drug-likeness (QED) is 0.737. The van der Waals surface area contributed by atoms with Gasteiger partial charge in [0.15, 0.2) is 11.5 Å². The van der Waals surface area contributed by atoms with Crippen LogP contribution in [-0.2, 0) is 23.9 Å². The third kappa shape index (κ3) is 4.20. The highest BCUT2D eigenvalue weighted by molar-refractivity contribution is 6.22. The zero-order chi connectivity index (χ0) is 19.4. The summed E-state index contributed by atoms with van der Waals surface area (Å²) in [4.78, 5) is 50.2. The van der Waals surface area contributed by atoms with E-state index in [2.05, 4.69) is 5.32 Å². The van der Waals surface area contributed by atoms with Crippen molar-refractivity contribution in [2.45, 2.75) is 33.6 Å². The average molecular weight is 362 g/mol. The molecule has 0 aromatic carbocycles. The van der Waals surface area contributed by atoms with Crippen molar-refractivity contribution in [3.63, 3.8) is 0 Å². The Morgan fingerprint density at radius 1 is 1.27 bits per heavy atom. The number of hydrogen-bond donors (Lipinski definition) is 1. The molecule has 2 amide bonds. The van der Waals surface area contributed by atoms with Crippen LogP contribution in [0.5, 0.6) is 0 Å². The van der Waals surface area contributed by atoms with E-state index in [4.69, 9.17) is 4.74 Å². The number of ketones is 2. The first kappa shape index (κ1) is 19.9. The average Bonchev–Trinajstić information content (AvgIpc) is 2.61. The van der Waals surface area contributed by atoms with Crippen molar-refractivity contribution in [3.05, 3.63) is 23.0 Å². The summed E-state index contributed by atoms with van der Waals surface area (Å²) in [5.41, 5.74) is 0.593. The van der Waals surface area contributed by atoms with Gasteiger partial charge in [-0.05, 0) is 24.8 Å². The van der Waals surface area contributed by atoms with Crippen LogP contribution in [0.3, 0.4) is 0 Å². The Hall–Kier alpha value is -2.44. The van der Waals surface area contributed by atoms with Crippen LogP contribution < -0.4 is 5.32 Å². The molecule has 0 aromatic rings. The third-order valence-electron chi connectivity index (χ3n) is 4.86. The predicted molar refractivity (Wildman–Crippen MR) is 95.0 cm³/mol. The number of rotatable bonds is 5. The van der Waals surface area contributed by atoms with Crippen LogP contribution in [0.4, 0.5) is 0 Å². The normalized spacial score (nSPS) is 19.0. The van der Waals surface area contributed by atoms with Crippen molar-refractivity contribution in [2.75, 3.05) is 26.7 Å². The maximum atomic E-state index is 12.5. The molecule has 2 rings (SSSR count). The van der Waals surface area contributed by atoms with Crippen LogP contribution >= 0.6 is 0 Å². The van der Waals surface area contributed by atoms with E-state index < -0.39 is 0 Å². The Balaban J connectivity index is 1.97. The summed E-state index contributed by atoms with van der Waals surface area (Å²) in [5, 5.41) is 2.74. The Morgan fingerprint density at radius 3 is 2.38 bits per heavy atom. The van der Waals surface area contributed by atoms with Gasteiger partial charge in [0.2, 0.25) is 17.6 Å². The first-order valence-corrected chi connectivity index (χ1v) is 8.87. The molecule has 0 unspecified atom stereocenters. The first-order chi connectivity index (χ1) is 12.3. The Morgan fingerprint density at radius 2 is 1.88 bits per heavy atom. The molecule has 7 heteroatoms. The summed E-state index contributed by atoms with van der Waals surface area (Å²) in [7, 11) is 1.37. The molecule has 1 aliphatic carbocycles. The Bertz CT molecular complexity index is 682. The summed E-state index contributed by atoms with van der Waals surface area (Å²) in [6.45, 7) is 6.28. The fourth-order valence-corrected chi connectivity index (χ4v) is 3.35. The number of hydrogen-bond acceptors (Lipinski definition) is 5. The van der Waals surface area contributed by atoms with Crippen molar-refractivity contribution in [3.8, 4) is 0 Å². The molecule has 1 saturated heterocycles. The number of likely N-dealkylation sites (tertiary alicyclic amines) is 1. The third-order valence-corrected chi connectivity index (χ3v) is 4.86. The van der Waals surface area contributed by atoms with E-state index in [0.29, 0.717) is 31.5 Å². The molecular weight excluding hydrogens is 336 g/mol. The SMILES string of the molecule is COC1=C(C(C)C)C(=O)C=C(CNC(=O)C2CCN(C(C)=O)CC2)C1=O. The van der Waals surface area contributed by atoms with Crippen molar-refractivity contribution in [2.24, 2.45) is 11.8 Å². The van der Waals surface area contributed by atoms with Crippen molar-refractivity contribution >= 4 is 23.4 Å². The van der Waals surface area contributed by atoms with E-state index in [-0.39, 0.29) is 53.1 Å². The molecule has 26 heavy (non-hydrogen) atoms. The fraction of sp³-hybridized carbons (Fsp3) is 0.579. The van der Waals surface area contributed by atoms with E-state index >= 15 is 0 Å². The monoisotopic (exact) mass is 362 g/mol. The van der Waals surface area contributed by atoms with Gasteiger partial charge in [-0.2, -0.15) is 0 Å². The van der Waals surface area contributed by atoms with Crippen LogP contribution in [0.2, 0.25) is 0 Å². The fourth-order valence-electron chi connectivity index (χ4n) is 3.35. The van der Waals surface area contributed by atoms with Gasteiger partial charge in [0.25, 0.3) is 0 Å². The van der Waals surface area contributed by atoms with Crippen LogP contribution in [-0.4, -0.2) is 55.0 Å². The molecule has 1 aliphatic heterocycles. The molecule has 142 valence electrons. The maximum absolute atomic E-state index is 12.5. The highest BCUT2D eigenvalue weighted by Crippen LogP contribution is 2.25. The minimum absolute atomic E-state index is 0.00539. The number of allylic oxidation sites excluding steroid dienone is 3. The van der Waals surface area contributed by atoms with E-state index in [1.54, 1.807) is 4.90 Å². The van der Waals surface area contributed by atoms with Gasteiger partial charge < -0.3 is 15.0 Å². The molecule has 0 atom stereocenters. The molecule has 2 aliphatic rings. The largest absolute Gasteiger partial charge is 0.492 e. The van der Waals surface area contributed by atoms with Gasteiger partial charge in [-0.3, -0.25) is 19.2 Å². The molecule has 1 N–H and O–H groups in total. The van der Waals surface area contributed by atoms with Crippen LogP contribution in [0.15, 0.2) is 23.0 Å².